The standard InChI is InChI=1S/C6H13O.Sc/c1-2-3-4-5-6-7;/h2-6H2,1H3;/q-1;+1. The van der Waals surface area contributed by atoms with Crippen LogP contribution in [0.3, 0.4) is 0 Å². The van der Waals surface area contributed by atoms with Crippen molar-refractivity contribution in [2.75, 3.05) is 6.61 Å². The Morgan fingerprint density at radius 3 is 2.50 bits per heavy atom. The van der Waals surface area contributed by atoms with Crippen LogP contribution in [0.2, 0.25) is 0 Å². The molecule has 0 aliphatic carbocycles. The molecule has 0 bridgehead atoms. The van der Waals surface area contributed by atoms with Crippen molar-refractivity contribution < 1.29 is 27.7 Å². The van der Waals surface area contributed by atoms with Crippen molar-refractivity contribution >= 4 is 0 Å². The van der Waals surface area contributed by atoms with Crippen molar-refractivity contribution in [3.63, 3.8) is 0 Å². The summed E-state index contributed by atoms with van der Waals surface area (Å²) in [6.07, 6.45) is 5.25. The maximum absolute atomic E-state index is 4.95. The monoisotopic (exact) mass is 146 g/mol. The number of rotatable bonds is 5. The summed E-state index contributed by atoms with van der Waals surface area (Å²) >= 11 is 1.37. The molecule has 46 valence electrons. The molecule has 0 aliphatic heterocycles. The number of hydrogen-bond donors (Lipinski definition) is 0. The van der Waals surface area contributed by atoms with E-state index in [0.29, 0.717) is 0 Å². The molecule has 1 nitrogen and oxygen atoms in total. The summed E-state index contributed by atoms with van der Waals surface area (Å²) in [7, 11) is 0. The molecular weight excluding hydrogens is 133 g/mol. The Labute approximate surface area is 67.0 Å². The molecule has 0 unspecified atom stereocenters. The molecule has 0 aromatic carbocycles. The first-order valence-corrected chi connectivity index (χ1v) is 3.97. The molecule has 2 heteroatoms. The Kier molecular flexibility index (Phi) is 8.64. The van der Waals surface area contributed by atoms with E-state index in [4.69, 9.17) is 2.85 Å². The van der Waals surface area contributed by atoms with Crippen LogP contribution in [0.15, 0.2) is 0 Å². The number of hydrogen-bond acceptors (Lipinski definition) is 1. The van der Waals surface area contributed by atoms with Crippen molar-refractivity contribution in [1.82, 2.24) is 0 Å². The van der Waals surface area contributed by atoms with Gasteiger partial charge in [-0.05, 0) is 0 Å². The van der Waals surface area contributed by atoms with E-state index in [1.807, 2.05) is 0 Å². The van der Waals surface area contributed by atoms with E-state index in [9.17, 15) is 0 Å². The van der Waals surface area contributed by atoms with Crippen LogP contribution in [-0.2, 0) is 27.7 Å². The van der Waals surface area contributed by atoms with Crippen LogP contribution in [0.25, 0.3) is 0 Å². The molecule has 0 atom stereocenters. The van der Waals surface area contributed by atoms with Crippen molar-refractivity contribution in [2.24, 2.45) is 0 Å². The SMILES string of the molecule is CCCCCC[O][Sc]. The van der Waals surface area contributed by atoms with Crippen LogP contribution in [-0.4, -0.2) is 6.61 Å². The second kappa shape index (κ2) is 7.83. The molecule has 0 aromatic rings. The second-order valence-corrected chi connectivity index (χ2v) is 2.45. The van der Waals surface area contributed by atoms with Gasteiger partial charge < -0.3 is 0 Å². The van der Waals surface area contributed by atoms with Crippen LogP contribution in [0.5, 0.6) is 0 Å². The molecule has 0 N–H and O–H groups in total. The maximum atomic E-state index is 4.95. The van der Waals surface area contributed by atoms with E-state index in [2.05, 4.69) is 6.92 Å². The first-order chi connectivity index (χ1) is 3.91. The van der Waals surface area contributed by atoms with Gasteiger partial charge in [0.25, 0.3) is 0 Å². The fraction of sp³-hybridized carbons (Fsp3) is 1.00. The molecule has 0 saturated carbocycles. The summed E-state index contributed by atoms with van der Waals surface area (Å²) < 4.78 is 4.95. The van der Waals surface area contributed by atoms with Crippen LogP contribution >= 0.6 is 0 Å². The molecule has 0 spiro atoms. The van der Waals surface area contributed by atoms with Crippen molar-refractivity contribution in [1.29, 1.82) is 0 Å². The quantitative estimate of drug-likeness (QED) is 0.539. The molecule has 0 rings (SSSR count). The van der Waals surface area contributed by atoms with E-state index in [-0.39, 0.29) is 0 Å². The van der Waals surface area contributed by atoms with Crippen molar-refractivity contribution in [2.45, 2.75) is 32.6 Å². The summed E-state index contributed by atoms with van der Waals surface area (Å²) in [4.78, 5) is 0. The van der Waals surface area contributed by atoms with Crippen LogP contribution in [0.1, 0.15) is 32.6 Å². The van der Waals surface area contributed by atoms with Crippen molar-refractivity contribution in [3.8, 4) is 0 Å². The van der Waals surface area contributed by atoms with Gasteiger partial charge in [0, 0.05) is 0 Å². The second-order valence-electron chi connectivity index (χ2n) is 1.93. The summed E-state index contributed by atoms with van der Waals surface area (Å²) in [6, 6.07) is 0. The van der Waals surface area contributed by atoms with Crippen LogP contribution in [0.4, 0.5) is 0 Å². The normalized spacial score (nSPS) is 9.50. The van der Waals surface area contributed by atoms with E-state index in [0.717, 1.165) is 6.61 Å². The van der Waals surface area contributed by atoms with Gasteiger partial charge in [-0.1, -0.05) is 0 Å². The average molecular weight is 146 g/mol. The molecule has 0 saturated heterocycles. The molecule has 0 heterocycles. The fourth-order valence-electron chi connectivity index (χ4n) is 0.612. The summed E-state index contributed by atoms with van der Waals surface area (Å²) in [6.45, 7) is 3.18. The Balaban J connectivity index is 2.53. The minimum absolute atomic E-state index is 0.958. The summed E-state index contributed by atoms with van der Waals surface area (Å²) in [5.74, 6) is 0. The van der Waals surface area contributed by atoms with E-state index in [1.54, 1.807) is 0 Å². The topological polar surface area (TPSA) is 9.23 Å². The Morgan fingerprint density at radius 1 is 1.25 bits per heavy atom. The van der Waals surface area contributed by atoms with E-state index >= 15 is 0 Å². The van der Waals surface area contributed by atoms with Gasteiger partial charge in [0.15, 0.2) is 0 Å². The van der Waals surface area contributed by atoms with Gasteiger partial charge >= 0.3 is 66.9 Å². The molecule has 0 aromatic heterocycles. The summed E-state index contributed by atoms with van der Waals surface area (Å²) in [5.41, 5.74) is 0. The average Bonchev–Trinajstić information content (AvgIpc) is 1.81. The van der Waals surface area contributed by atoms with Gasteiger partial charge in [-0.15, -0.1) is 0 Å². The minimum atomic E-state index is 0.958. The third kappa shape index (κ3) is 6.83. The predicted molar refractivity (Wildman–Crippen MR) is 30.1 cm³/mol. The number of unbranched alkanes of at least 4 members (excludes halogenated alkanes) is 3. The Morgan fingerprint density at radius 2 is 2.00 bits per heavy atom. The molecule has 0 amide bonds. The first kappa shape index (κ1) is 8.83. The zero-order valence-corrected chi connectivity index (χ0v) is 7.32. The van der Waals surface area contributed by atoms with Gasteiger partial charge in [0.05, 0.1) is 0 Å². The predicted octanol–water partition coefficient (Wildman–Crippen LogP) is 2.05. The zero-order chi connectivity index (χ0) is 6.24. The van der Waals surface area contributed by atoms with Crippen LogP contribution < -0.4 is 0 Å². The molecule has 0 fully saturated rings. The summed E-state index contributed by atoms with van der Waals surface area (Å²) in [5, 5.41) is 0. The van der Waals surface area contributed by atoms with Crippen LogP contribution in [0, 0.1) is 0 Å². The van der Waals surface area contributed by atoms with Gasteiger partial charge in [0.1, 0.15) is 0 Å². The Bertz CT molecular complexity index is 33.5. The molecule has 0 aliphatic rings. The van der Waals surface area contributed by atoms with Gasteiger partial charge in [-0.25, -0.2) is 0 Å². The van der Waals surface area contributed by atoms with Gasteiger partial charge in [-0.2, -0.15) is 0 Å². The van der Waals surface area contributed by atoms with Gasteiger partial charge in [-0.3, -0.25) is 0 Å². The fourth-order valence-corrected chi connectivity index (χ4v) is 0.872. The molecule has 0 radical (unpaired) electrons. The first-order valence-electron chi connectivity index (χ1n) is 3.23. The van der Waals surface area contributed by atoms with Crippen molar-refractivity contribution in [3.05, 3.63) is 0 Å². The zero-order valence-electron chi connectivity index (χ0n) is 5.52. The Hall–Kier alpha value is 0.830. The van der Waals surface area contributed by atoms with Gasteiger partial charge in [0.2, 0.25) is 0 Å². The third-order valence-electron chi connectivity index (χ3n) is 1.12. The van der Waals surface area contributed by atoms with E-state index in [1.165, 1.54) is 50.5 Å². The van der Waals surface area contributed by atoms with E-state index < -0.39 is 0 Å². The molecular formula is C6H13OSc. The third-order valence-corrected chi connectivity index (χ3v) is 1.48. The molecule has 8 heavy (non-hydrogen) atoms.